The minimum Gasteiger partial charge on any atom is -0.336 e. The van der Waals surface area contributed by atoms with Gasteiger partial charge in [0, 0.05) is 25.0 Å². The number of fused-ring (bicyclic) bond motifs is 1. The number of piperidine rings is 1. The normalized spacial score (nSPS) is 14.3. The molecule has 0 radical (unpaired) electrons. The maximum Gasteiger partial charge on any atom is 0.290 e. The summed E-state index contributed by atoms with van der Waals surface area (Å²) in [4.78, 5) is 32.3. The van der Waals surface area contributed by atoms with Crippen molar-refractivity contribution in [1.82, 2.24) is 14.3 Å². The molecule has 1 N–H and O–H groups in total. The monoisotopic (exact) mass is 376 g/mol. The van der Waals surface area contributed by atoms with E-state index in [0.717, 1.165) is 49.2 Å². The van der Waals surface area contributed by atoms with Crippen molar-refractivity contribution in [3.05, 3.63) is 65.2 Å². The maximum absolute atomic E-state index is 13.0. The van der Waals surface area contributed by atoms with E-state index in [2.05, 4.69) is 16.4 Å². The number of benzene rings is 1. The van der Waals surface area contributed by atoms with Gasteiger partial charge < -0.3 is 10.2 Å². The lowest BCUT2D eigenvalue weighted by molar-refractivity contribution is 0.0711. The topological polar surface area (TPSA) is 66.7 Å². The van der Waals surface area contributed by atoms with Gasteiger partial charge in [0.25, 0.3) is 11.8 Å². The number of carbonyl (C=O) groups is 2. The highest BCUT2D eigenvalue weighted by molar-refractivity contribution is 6.09. The maximum atomic E-state index is 13.0. The first-order valence-electron chi connectivity index (χ1n) is 9.69. The van der Waals surface area contributed by atoms with Gasteiger partial charge in [-0.3, -0.25) is 14.0 Å². The number of aromatic nitrogens is 2. The van der Waals surface area contributed by atoms with Crippen molar-refractivity contribution < 1.29 is 9.59 Å². The molecule has 0 aliphatic carbocycles. The van der Waals surface area contributed by atoms with Gasteiger partial charge >= 0.3 is 0 Å². The molecule has 1 aliphatic heterocycles. The van der Waals surface area contributed by atoms with Gasteiger partial charge in [0.05, 0.1) is 5.52 Å². The lowest BCUT2D eigenvalue weighted by Gasteiger charge is -2.25. The minimum absolute atomic E-state index is 0.119. The summed E-state index contributed by atoms with van der Waals surface area (Å²) in [5.74, 6) is -0.138. The summed E-state index contributed by atoms with van der Waals surface area (Å²) < 4.78 is 1.72. The van der Waals surface area contributed by atoms with Crippen LogP contribution in [0.15, 0.2) is 42.6 Å². The van der Waals surface area contributed by atoms with Crippen LogP contribution in [0.2, 0.25) is 0 Å². The predicted molar refractivity (Wildman–Crippen MR) is 109 cm³/mol. The van der Waals surface area contributed by atoms with Gasteiger partial charge in [0.1, 0.15) is 0 Å². The van der Waals surface area contributed by atoms with Crippen molar-refractivity contribution in [2.45, 2.75) is 33.1 Å². The Hall–Kier alpha value is -3.15. The van der Waals surface area contributed by atoms with Gasteiger partial charge in [0.15, 0.2) is 5.69 Å². The number of nitrogens with one attached hydrogen (secondary N) is 1. The average molecular weight is 376 g/mol. The third-order valence-electron chi connectivity index (χ3n) is 5.08. The molecule has 28 heavy (non-hydrogen) atoms. The summed E-state index contributed by atoms with van der Waals surface area (Å²) >= 11 is 0. The molecule has 6 heteroatoms. The van der Waals surface area contributed by atoms with Crippen LogP contribution in [0.5, 0.6) is 0 Å². The first kappa shape index (κ1) is 18.2. The summed E-state index contributed by atoms with van der Waals surface area (Å²) in [6.07, 6.45) is 4.95. The Labute approximate surface area is 164 Å². The fourth-order valence-electron chi connectivity index (χ4n) is 3.83. The van der Waals surface area contributed by atoms with E-state index in [1.54, 1.807) is 10.6 Å². The quantitative estimate of drug-likeness (QED) is 0.755. The highest BCUT2D eigenvalue weighted by Crippen LogP contribution is 2.20. The standard InChI is InChI=1S/C22H24N4O2/c1-15-12-16(2)14-17(13-15)23-21(27)19-18-8-4-7-11-26(18)20(24-19)22(28)25-9-5-3-6-10-25/h4,7-8,11-14H,3,5-6,9-10H2,1-2H3,(H,23,27). The molecular weight excluding hydrogens is 352 g/mol. The van der Waals surface area contributed by atoms with Crippen LogP contribution in [0.3, 0.4) is 0 Å². The van der Waals surface area contributed by atoms with Crippen LogP contribution < -0.4 is 5.32 Å². The lowest BCUT2D eigenvalue weighted by atomic mass is 10.1. The van der Waals surface area contributed by atoms with Gasteiger partial charge in [-0.05, 0) is 68.5 Å². The molecule has 3 aromatic rings. The first-order chi connectivity index (χ1) is 13.5. The van der Waals surface area contributed by atoms with Crippen molar-refractivity contribution >= 4 is 23.0 Å². The Morgan fingerprint density at radius 2 is 1.71 bits per heavy atom. The zero-order chi connectivity index (χ0) is 19.7. The third-order valence-corrected chi connectivity index (χ3v) is 5.08. The molecule has 0 saturated carbocycles. The molecule has 1 fully saturated rings. The van der Waals surface area contributed by atoms with Gasteiger partial charge in [-0.1, -0.05) is 12.1 Å². The summed E-state index contributed by atoms with van der Waals surface area (Å²) in [6.45, 7) is 5.46. The number of carbonyl (C=O) groups excluding carboxylic acids is 2. The molecule has 1 saturated heterocycles. The fourth-order valence-corrected chi connectivity index (χ4v) is 3.83. The molecule has 0 unspecified atom stereocenters. The largest absolute Gasteiger partial charge is 0.336 e. The summed E-state index contributed by atoms with van der Waals surface area (Å²) in [5.41, 5.74) is 3.77. The van der Waals surface area contributed by atoms with Crippen LogP contribution in [0.25, 0.3) is 5.52 Å². The van der Waals surface area contributed by atoms with E-state index in [-0.39, 0.29) is 17.5 Å². The Morgan fingerprint density at radius 3 is 2.43 bits per heavy atom. The second-order valence-electron chi connectivity index (χ2n) is 7.42. The van der Waals surface area contributed by atoms with Crippen LogP contribution in [0.1, 0.15) is 51.5 Å². The molecule has 4 rings (SSSR count). The average Bonchev–Trinajstić information content (AvgIpc) is 3.07. The molecular formula is C22H24N4O2. The molecule has 2 aromatic heterocycles. The molecule has 0 bridgehead atoms. The number of anilines is 1. The zero-order valence-corrected chi connectivity index (χ0v) is 16.2. The highest BCUT2D eigenvalue weighted by Gasteiger charge is 2.26. The SMILES string of the molecule is Cc1cc(C)cc(NC(=O)c2nc(C(=O)N3CCCCC3)n3ccccc23)c1. The van der Waals surface area contributed by atoms with E-state index in [1.165, 1.54) is 0 Å². The number of hydrogen-bond acceptors (Lipinski definition) is 3. The van der Waals surface area contributed by atoms with Gasteiger partial charge in [-0.15, -0.1) is 0 Å². The van der Waals surface area contributed by atoms with Crippen LogP contribution in [-0.4, -0.2) is 39.2 Å². The second kappa shape index (κ2) is 7.46. The number of hydrogen-bond donors (Lipinski definition) is 1. The number of rotatable bonds is 3. The highest BCUT2D eigenvalue weighted by atomic mass is 16.2. The molecule has 2 amide bonds. The van der Waals surface area contributed by atoms with Crippen molar-refractivity contribution in [1.29, 1.82) is 0 Å². The smallest absolute Gasteiger partial charge is 0.290 e. The minimum atomic E-state index is -0.314. The number of pyridine rings is 1. The molecule has 0 spiro atoms. The Balaban J connectivity index is 1.69. The number of amides is 2. The number of aryl methyl sites for hydroxylation is 2. The van der Waals surface area contributed by atoms with Gasteiger partial charge in [-0.2, -0.15) is 0 Å². The van der Waals surface area contributed by atoms with Gasteiger partial charge in [0.2, 0.25) is 5.82 Å². The Morgan fingerprint density at radius 1 is 1.00 bits per heavy atom. The molecule has 1 aromatic carbocycles. The number of likely N-dealkylation sites (tertiary alicyclic amines) is 1. The van der Waals surface area contributed by atoms with Crippen molar-refractivity contribution in [3.63, 3.8) is 0 Å². The van der Waals surface area contributed by atoms with Crippen molar-refractivity contribution in [3.8, 4) is 0 Å². The molecule has 0 atom stereocenters. The third kappa shape index (κ3) is 3.50. The summed E-state index contributed by atoms with van der Waals surface area (Å²) in [6, 6.07) is 11.4. The van der Waals surface area contributed by atoms with Crippen molar-refractivity contribution in [2.75, 3.05) is 18.4 Å². The number of nitrogens with zero attached hydrogens (tertiary/aromatic N) is 3. The van der Waals surface area contributed by atoms with E-state index in [1.807, 2.05) is 49.1 Å². The van der Waals surface area contributed by atoms with E-state index in [0.29, 0.717) is 11.3 Å². The molecule has 144 valence electrons. The fraction of sp³-hybridized carbons (Fsp3) is 0.318. The molecule has 1 aliphatic rings. The second-order valence-corrected chi connectivity index (χ2v) is 7.42. The predicted octanol–water partition coefficient (Wildman–Crippen LogP) is 3.83. The zero-order valence-electron chi connectivity index (χ0n) is 16.2. The van der Waals surface area contributed by atoms with E-state index in [4.69, 9.17) is 0 Å². The van der Waals surface area contributed by atoms with E-state index < -0.39 is 0 Å². The summed E-state index contributed by atoms with van der Waals surface area (Å²) in [5, 5.41) is 2.92. The van der Waals surface area contributed by atoms with Gasteiger partial charge in [-0.25, -0.2) is 4.98 Å². The van der Waals surface area contributed by atoms with Crippen molar-refractivity contribution in [2.24, 2.45) is 0 Å². The summed E-state index contributed by atoms with van der Waals surface area (Å²) in [7, 11) is 0. The Kier molecular flexibility index (Phi) is 4.86. The van der Waals surface area contributed by atoms with Crippen LogP contribution >= 0.6 is 0 Å². The molecule has 6 nitrogen and oxygen atoms in total. The molecule has 3 heterocycles. The van der Waals surface area contributed by atoms with E-state index in [9.17, 15) is 9.59 Å². The Bertz CT molecular complexity index is 1030. The lowest BCUT2D eigenvalue weighted by Crippen LogP contribution is -2.36. The number of imidazole rings is 1. The first-order valence-corrected chi connectivity index (χ1v) is 9.69. The van der Waals surface area contributed by atoms with Crippen LogP contribution in [-0.2, 0) is 0 Å². The van der Waals surface area contributed by atoms with Crippen LogP contribution in [0.4, 0.5) is 5.69 Å². The van der Waals surface area contributed by atoms with E-state index >= 15 is 0 Å². The van der Waals surface area contributed by atoms with Crippen LogP contribution in [0, 0.1) is 13.8 Å².